The molecule has 152 valence electrons. The van der Waals surface area contributed by atoms with Crippen LogP contribution in [0.5, 0.6) is 0 Å². The van der Waals surface area contributed by atoms with E-state index in [0.717, 1.165) is 29.4 Å². The predicted molar refractivity (Wildman–Crippen MR) is 115 cm³/mol. The highest BCUT2D eigenvalue weighted by atomic mass is 32.2. The van der Waals surface area contributed by atoms with E-state index in [0.29, 0.717) is 5.69 Å². The van der Waals surface area contributed by atoms with Crippen molar-refractivity contribution in [3.8, 4) is 0 Å². The summed E-state index contributed by atoms with van der Waals surface area (Å²) in [6, 6.07) is 11.5. The van der Waals surface area contributed by atoms with Gasteiger partial charge in [0.1, 0.15) is 6.54 Å². The van der Waals surface area contributed by atoms with Crippen molar-refractivity contribution in [2.45, 2.75) is 47.1 Å². The number of sulfonamides is 1. The molecule has 0 bridgehead atoms. The van der Waals surface area contributed by atoms with Gasteiger partial charge in [0.15, 0.2) is 0 Å². The molecule has 0 saturated carbocycles. The molecule has 2 aromatic carbocycles. The lowest BCUT2D eigenvalue weighted by molar-refractivity contribution is -0.120. The first-order valence-corrected chi connectivity index (χ1v) is 11.3. The highest BCUT2D eigenvalue weighted by Crippen LogP contribution is 2.27. The van der Waals surface area contributed by atoms with Crippen LogP contribution >= 0.6 is 0 Å². The quantitative estimate of drug-likeness (QED) is 0.762. The van der Waals surface area contributed by atoms with Crippen molar-refractivity contribution in [3.63, 3.8) is 0 Å². The van der Waals surface area contributed by atoms with Crippen molar-refractivity contribution in [1.29, 1.82) is 0 Å². The van der Waals surface area contributed by atoms with Gasteiger partial charge in [-0.05, 0) is 61.9 Å². The molecular formula is C22H30N2O3S. The monoisotopic (exact) mass is 402 g/mol. The van der Waals surface area contributed by atoms with Crippen LogP contribution in [0.25, 0.3) is 0 Å². The fourth-order valence-corrected chi connectivity index (χ4v) is 4.31. The summed E-state index contributed by atoms with van der Waals surface area (Å²) in [6.45, 7) is 9.55. The zero-order valence-electron chi connectivity index (χ0n) is 17.5. The van der Waals surface area contributed by atoms with E-state index in [-0.39, 0.29) is 18.5 Å². The molecule has 0 heterocycles. The first-order valence-electron chi connectivity index (χ1n) is 9.45. The van der Waals surface area contributed by atoms with E-state index in [2.05, 4.69) is 11.4 Å². The molecule has 0 radical (unpaired) electrons. The van der Waals surface area contributed by atoms with Crippen molar-refractivity contribution in [2.24, 2.45) is 0 Å². The molecule has 1 amide bonds. The number of carbonyl (C=O) groups is 1. The molecular weight excluding hydrogens is 372 g/mol. The van der Waals surface area contributed by atoms with Gasteiger partial charge in [0.2, 0.25) is 15.9 Å². The fourth-order valence-electron chi connectivity index (χ4n) is 3.33. The summed E-state index contributed by atoms with van der Waals surface area (Å²) >= 11 is 0. The third-order valence-electron chi connectivity index (χ3n) is 5.05. The minimum atomic E-state index is -3.61. The lowest BCUT2D eigenvalue weighted by Crippen LogP contribution is -2.42. The Morgan fingerprint density at radius 1 is 1.00 bits per heavy atom. The molecule has 0 unspecified atom stereocenters. The number of amides is 1. The normalized spacial score (nSPS) is 12.5. The molecule has 6 heteroatoms. The number of para-hydroxylation sites is 1. The summed E-state index contributed by atoms with van der Waals surface area (Å²) in [5, 5.41) is 3.00. The van der Waals surface area contributed by atoms with Crippen LogP contribution in [0, 0.1) is 27.7 Å². The topological polar surface area (TPSA) is 66.5 Å². The molecule has 0 spiro atoms. The van der Waals surface area contributed by atoms with E-state index in [1.807, 2.05) is 65.0 Å². The van der Waals surface area contributed by atoms with Crippen molar-refractivity contribution in [2.75, 3.05) is 17.1 Å². The Hall–Kier alpha value is -2.34. The highest BCUT2D eigenvalue weighted by molar-refractivity contribution is 7.92. The predicted octanol–water partition coefficient (Wildman–Crippen LogP) is 3.95. The molecule has 0 aliphatic carbocycles. The lowest BCUT2D eigenvalue weighted by Gasteiger charge is -2.27. The average Bonchev–Trinajstić information content (AvgIpc) is 2.60. The van der Waals surface area contributed by atoms with E-state index >= 15 is 0 Å². The van der Waals surface area contributed by atoms with Crippen molar-refractivity contribution in [3.05, 3.63) is 64.2 Å². The molecule has 5 nitrogen and oxygen atoms in total. The van der Waals surface area contributed by atoms with Gasteiger partial charge >= 0.3 is 0 Å². The minimum Gasteiger partial charge on any atom is -0.348 e. The maximum Gasteiger partial charge on any atom is 0.241 e. The Morgan fingerprint density at radius 2 is 1.61 bits per heavy atom. The number of hydrogen-bond donors (Lipinski definition) is 1. The second kappa shape index (κ2) is 8.78. The van der Waals surface area contributed by atoms with Crippen LogP contribution in [0.3, 0.4) is 0 Å². The van der Waals surface area contributed by atoms with Crippen molar-refractivity contribution >= 4 is 21.6 Å². The van der Waals surface area contributed by atoms with Crippen LogP contribution in [0.1, 0.15) is 47.2 Å². The SMILES string of the molecule is CC[C@@H](NC(=O)CN(c1c(C)cccc1C)S(C)(=O)=O)c1ccc(C)c(C)c1. The Kier molecular flexibility index (Phi) is 6.88. The van der Waals surface area contributed by atoms with Crippen molar-refractivity contribution in [1.82, 2.24) is 5.32 Å². The summed E-state index contributed by atoms with van der Waals surface area (Å²) < 4.78 is 26.0. The molecule has 2 rings (SSSR count). The maximum atomic E-state index is 12.8. The molecule has 0 fully saturated rings. The smallest absolute Gasteiger partial charge is 0.241 e. The second-order valence-corrected chi connectivity index (χ2v) is 9.29. The maximum absolute atomic E-state index is 12.8. The van der Waals surface area contributed by atoms with Crippen LogP contribution in [0.4, 0.5) is 5.69 Å². The summed E-state index contributed by atoms with van der Waals surface area (Å²) in [6.07, 6.45) is 1.85. The Morgan fingerprint density at radius 3 is 2.11 bits per heavy atom. The van der Waals surface area contributed by atoms with Gasteiger partial charge in [-0.1, -0.05) is 43.3 Å². The van der Waals surface area contributed by atoms with Gasteiger partial charge in [-0.15, -0.1) is 0 Å². The van der Waals surface area contributed by atoms with Gasteiger partial charge < -0.3 is 5.32 Å². The zero-order chi connectivity index (χ0) is 21.1. The molecule has 2 aromatic rings. The van der Waals surface area contributed by atoms with Gasteiger partial charge in [-0.3, -0.25) is 9.10 Å². The van der Waals surface area contributed by atoms with Crippen LogP contribution in [-0.2, 0) is 14.8 Å². The van der Waals surface area contributed by atoms with Gasteiger partial charge in [-0.25, -0.2) is 8.42 Å². The molecule has 1 atom stereocenters. The summed E-state index contributed by atoms with van der Waals surface area (Å²) in [5.74, 6) is -0.321. The third-order valence-corrected chi connectivity index (χ3v) is 6.17. The fraction of sp³-hybridized carbons (Fsp3) is 0.409. The van der Waals surface area contributed by atoms with Crippen LogP contribution < -0.4 is 9.62 Å². The van der Waals surface area contributed by atoms with Gasteiger partial charge in [-0.2, -0.15) is 0 Å². The standard InChI is InChI=1S/C22H30N2O3S/c1-7-20(19-12-11-15(2)18(5)13-19)23-21(25)14-24(28(6,26)27)22-16(3)9-8-10-17(22)4/h8-13,20H,7,14H2,1-6H3,(H,23,25)/t20-/m1/s1. The molecule has 0 saturated heterocycles. The van der Waals surface area contributed by atoms with Crippen LogP contribution in [0.15, 0.2) is 36.4 Å². The first-order chi connectivity index (χ1) is 13.0. The number of benzene rings is 2. The summed E-state index contributed by atoms with van der Waals surface area (Å²) in [7, 11) is -3.61. The molecule has 0 aliphatic heterocycles. The van der Waals surface area contributed by atoms with E-state index in [1.54, 1.807) is 0 Å². The van der Waals surface area contributed by atoms with Crippen molar-refractivity contribution < 1.29 is 13.2 Å². The number of hydrogen-bond acceptors (Lipinski definition) is 3. The van der Waals surface area contributed by atoms with E-state index in [1.165, 1.54) is 15.4 Å². The van der Waals surface area contributed by atoms with Gasteiger partial charge in [0, 0.05) is 0 Å². The van der Waals surface area contributed by atoms with Crippen LogP contribution in [0.2, 0.25) is 0 Å². The second-order valence-electron chi connectivity index (χ2n) is 7.38. The number of nitrogens with one attached hydrogen (secondary N) is 1. The average molecular weight is 403 g/mol. The van der Waals surface area contributed by atoms with E-state index in [4.69, 9.17) is 0 Å². The Bertz CT molecular complexity index is 947. The van der Waals surface area contributed by atoms with Crippen LogP contribution in [-0.4, -0.2) is 27.1 Å². The minimum absolute atomic E-state index is 0.161. The number of carbonyl (C=O) groups excluding carboxylic acids is 1. The summed E-state index contributed by atoms with van der Waals surface area (Å²) in [5.41, 5.74) is 5.59. The highest BCUT2D eigenvalue weighted by Gasteiger charge is 2.25. The number of nitrogens with zero attached hydrogens (tertiary/aromatic N) is 1. The molecule has 1 N–H and O–H groups in total. The van der Waals surface area contributed by atoms with Gasteiger partial charge in [0.25, 0.3) is 0 Å². The largest absolute Gasteiger partial charge is 0.348 e. The molecule has 0 aromatic heterocycles. The van der Waals surface area contributed by atoms with Gasteiger partial charge in [0.05, 0.1) is 18.0 Å². The Labute approximate surface area is 168 Å². The molecule has 28 heavy (non-hydrogen) atoms. The Balaban J connectivity index is 2.27. The summed E-state index contributed by atoms with van der Waals surface area (Å²) in [4.78, 5) is 12.8. The molecule has 0 aliphatic rings. The van der Waals surface area contributed by atoms with E-state index in [9.17, 15) is 13.2 Å². The zero-order valence-corrected chi connectivity index (χ0v) is 18.4. The third kappa shape index (κ3) is 5.13. The first kappa shape index (κ1) is 22.0. The lowest BCUT2D eigenvalue weighted by atomic mass is 9.99. The number of rotatable bonds is 7. The number of anilines is 1. The number of aryl methyl sites for hydroxylation is 4. The van der Waals surface area contributed by atoms with E-state index < -0.39 is 10.0 Å².